The van der Waals surface area contributed by atoms with Gasteiger partial charge in [-0.15, -0.1) is 0 Å². The number of rotatable bonds is 8. The lowest BCUT2D eigenvalue weighted by molar-refractivity contribution is -0.113. The predicted molar refractivity (Wildman–Crippen MR) is 150 cm³/mol. The zero-order valence-electron chi connectivity index (χ0n) is 20.3. The molecule has 0 aliphatic heterocycles. The van der Waals surface area contributed by atoms with E-state index < -0.39 is 0 Å². The largest absolute Gasteiger partial charge is 0.494 e. The number of amides is 1. The second-order valence-corrected chi connectivity index (χ2v) is 9.17. The number of hydrogen-bond donors (Lipinski definition) is 1. The van der Waals surface area contributed by atoms with E-state index in [1.807, 2.05) is 97.9 Å². The third kappa shape index (κ3) is 5.42. The quantitative estimate of drug-likeness (QED) is 0.200. The number of carbonyl (C=O) groups is 1. The molecule has 184 valence electrons. The van der Waals surface area contributed by atoms with Crippen LogP contribution in [0.15, 0.2) is 113 Å². The van der Waals surface area contributed by atoms with Gasteiger partial charge >= 0.3 is 0 Å². The van der Waals surface area contributed by atoms with Crippen molar-refractivity contribution in [3.63, 3.8) is 0 Å². The molecular weight excluding hydrogens is 482 g/mol. The Balaban J connectivity index is 1.43. The van der Waals surface area contributed by atoms with Gasteiger partial charge in [-0.3, -0.25) is 14.2 Å². The lowest BCUT2D eigenvalue weighted by atomic mass is 10.0. The summed E-state index contributed by atoms with van der Waals surface area (Å²) in [6.45, 7) is 2.48. The summed E-state index contributed by atoms with van der Waals surface area (Å²) >= 11 is 1.22. The number of thioether (sulfide) groups is 1. The average Bonchev–Trinajstić information content (AvgIpc) is 2.94. The van der Waals surface area contributed by atoms with E-state index in [0.717, 1.165) is 22.6 Å². The maximum absolute atomic E-state index is 13.5. The molecule has 0 unspecified atom stereocenters. The zero-order chi connectivity index (χ0) is 25.6. The first-order chi connectivity index (χ1) is 18.1. The molecule has 6 nitrogen and oxygen atoms in total. The van der Waals surface area contributed by atoms with Crippen LogP contribution in [0.1, 0.15) is 6.92 Å². The highest BCUT2D eigenvalue weighted by Crippen LogP contribution is 2.28. The van der Waals surface area contributed by atoms with Gasteiger partial charge in [-0.05, 0) is 55.0 Å². The topological polar surface area (TPSA) is 73.2 Å². The molecule has 0 aliphatic carbocycles. The third-order valence-electron chi connectivity index (χ3n) is 5.77. The first-order valence-electron chi connectivity index (χ1n) is 12.0. The summed E-state index contributed by atoms with van der Waals surface area (Å²) in [5.74, 6) is 0.623. The maximum atomic E-state index is 13.5. The Morgan fingerprint density at radius 2 is 1.59 bits per heavy atom. The standard InChI is InChI=1S/C30H25N3O3S/c1-2-36-23-18-16-22(17-19-23)33-29(35)25-13-7-9-15-27(25)32-30(33)37-20-28(34)31-26-14-8-6-12-24(26)21-10-4-3-5-11-21/h3-19H,2,20H2,1H3,(H,31,34). The molecule has 1 amide bonds. The van der Waals surface area contributed by atoms with E-state index in [1.165, 1.54) is 11.8 Å². The Bertz CT molecular complexity index is 1600. The molecule has 0 spiro atoms. The van der Waals surface area contributed by atoms with E-state index >= 15 is 0 Å². The zero-order valence-corrected chi connectivity index (χ0v) is 21.1. The minimum absolute atomic E-state index is 0.0882. The smallest absolute Gasteiger partial charge is 0.266 e. The van der Waals surface area contributed by atoms with Crippen molar-refractivity contribution in [2.45, 2.75) is 12.1 Å². The number of nitrogens with zero attached hydrogens (tertiary/aromatic N) is 2. The number of benzene rings is 4. The molecule has 7 heteroatoms. The van der Waals surface area contributed by atoms with E-state index in [1.54, 1.807) is 16.7 Å². The molecule has 5 rings (SSSR count). The van der Waals surface area contributed by atoms with Crippen molar-refractivity contribution < 1.29 is 9.53 Å². The van der Waals surface area contributed by atoms with Crippen LogP contribution in [0.3, 0.4) is 0 Å². The van der Waals surface area contributed by atoms with Gasteiger partial charge in [0, 0.05) is 11.3 Å². The van der Waals surface area contributed by atoms with E-state index in [9.17, 15) is 9.59 Å². The number of nitrogens with one attached hydrogen (secondary N) is 1. The molecule has 1 heterocycles. The Morgan fingerprint density at radius 1 is 0.892 bits per heavy atom. The predicted octanol–water partition coefficient (Wildman–Crippen LogP) is 6.18. The van der Waals surface area contributed by atoms with E-state index in [2.05, 4.69) is 5.32 Å². The van der Waals surface area contributed by atoms with E-state index in [0.29, 0.717) is 28.4 Å². The summed E-state index contributed by atoms with van der Waals surface area (Å²) in [6.07, 6.45) is 0. The maximum Gasteiger partial charge on any atom is 0.266 e. The lowest BCUT2D eigenvalue weighted by Crippen LogP contribution is -2.23. The van der Waals surface area contributed by atoms with Gasteiger partial charge in [0.05, 0.1) is 29.0 Å². The first kappa shape index (κ1) is 24.3. The van der Waals surface area contributed by atoms with Crippen LogP contribution in [-0.4, -0.2) is 27.8 Å². The van der Waals surface area contributed by atoms with Crippen LogP contribution in [0.25, 0.3) is 27.7 Å². The van der Waals surface area contributed by atoms with Crippen molar-refractivity contribution in [1.82, 2.24) is 9.55 Å². The molecule has 4 aromatic carbocycles. The fraction of sp³-hybridized carbons (Fsp3) is 0.100. The normalized spacial score (nSPS) is 10.8. The van der Waals surface area contributed by atoms with E-state index in [4.69, 9.17) is 9.72 Å². The average molecular weight is 508 g/mol. The van der Waals surface area contributed by atoms with Crippen LogP contribution in [0.2, 0.25) is 0 Å². The highest BCUT2D eigenvalue weighted by atomic mass is 32.2. The molecule has 0 radical (unpaired) electrons. The van der Waals surface area contributed by atoms with Gasteiger partial charge in [0.1, 0.15) is 5.75 Å². The van der Waals surface area contributed by atoms with Gasteiger partial charge in [-0.1, -0.05) is 72.4 Å². The monoisotopic (exact) mass is 507 g/mol. The summed E-state index contributed by atoms with van der Waals surface area (Å²) in [4.78, 5) is 31.2. The highest BCUT2D eigenvalue weighted by Gasteiger charge is 2.16. The summed E-state index contributed by atoms with van der Waals surface area (Å²) in [5, 5.41) is 3.98. The van der Waals surface area contributed by atoms with Gasteiger partial charge in [-0.2, -0.15) is 0 Å². The van der Waals surface area contributed by atoms with Gasteiger partial charge in [0.2, 0.25) is 5.91 Å². The number of para-hydroxylation sites is 2. The summed E-state index contributed by atoms with van der Waals surface area (Å²) < 4.78 is 7.09. The van der Waals surface area contributed by atoms with Gasteiger partial charge in [0.25, 0.3) is 5.56 Å². The fourth-order valence-electron chi connectivity index (χ4n) is 4.07. The van der Waals surface area contributed by atoms with Crippen molar-refractivity contribution in [2.24, 2.45) is 0 Å². The minimum Gasteiger partial charge on any atom is -0.494 e. The van der Waals surface area contributed by atoms with Gasteiger partial charge < -0.3 is 10.1 Å². The van der Waals surface area contributed by atoms with E-state index in [-0.39, 0.29) is 17.2 Å². The fourth-order valence-corrected chi connectivity index (χ4v) is 4.89. The number of hydrogen-bond acceptors (Lipinski definition) is 5. The summed E-state index contributed by atoms with van der Waals surface area (Å²) in [7, 11) is 0. The Hall–Kier alpha value is -4.36. The number of aromatic nitrogens is 2. The Morgan fingerprint density at radius 3 is 2.38 bits per heavy atom. The van der Waals surface area contributed by atoms with Crippen LogP contribution >= 0.6 is 11.8 Å². The molecular formula is C30H25N3O3S. The lowest BCUT2D eigenvalue weighted by Gasteiger charge is -2.14. The van der Waals surface area contributed by atoms with Crippen LogP contribution in [0, 0.1) is 0 Å². The van der Waals surface area contributed by atoms with Crippen molar-refractivity contribution >= 4 is 34.3 Å². The molecule has 0 fully saturated rings. The van der Waals surface area contributed by atoms with Crippen LogP contribution in [-0.2, 0) is 4.79 Å². The third-order valence-corrected chi connectivity index (χ3v) is 6.71. The second kappa shape index (κ2) is 11.1. The van der Waals surface area contributed by atoms with Gasteiger partial charge in [0.15, 0.2) is 5.16 Å². The van der Waals surface area contributed by atoms with Crippen molar-refractivity contribution in [2.75, 3.05) is 17.7 Å². The molecule has 1 N–H and O–H groups in total. The number of ether oxygens (including phenoxy) is 1. The summed E-state index contributed by atoms with van der Waals surface area (Å²) in [6, 6.07) is 32.1. The molecule has 0 bridgehead atoms. The molecule has 0 aliphatic rings. The summed E-state index contributed by atoms with van der Waals surface area (Å²) in [5.41, 5.74) is 3.75. The van der Waals surface area contributed by atoms with Crippen LogP contribution in [0.4, 0.5) is 5.69 Å². The molecule has 5 aromatic rings. The number of anilines is 1. The molecule has 1 aromatic heterocycles. The van der Waals surface area contributed by atoms with Crippen molar-refractivity contribution in [3.8, 4) is 22.6 Å². The van der Waals surface area contributed by atoms with Gasteiger partial charge in [-0.25, -0.2) is 4.98 Å². The number of fused-ring (bicyclic) bond motifs is 1. The number of carbonyl (C=O) groups excluding carboxylic acids is 1. The Labute approximate surface area is 219 Å². The van der Waals surface area contributed by atoms with Crippen LogP contribution in [0.5, 0.6) is 5.75 Å². The Kier molecular flexibility index (Phi) is 7.33. The molecule has 0 saturated heterocycles. The molecule has 0 atom stereocenters. The molecule has 37 heavy (non-hydrogen) atoms. The second-order valence-electron chi connectivity index (χ2n) is 8.23. The van der Waals surface area contributed by atoms with Crippen molar-refractivity contribution in [3.05, 3.63) is 113 Å². The molecule has 0 saturated carbocycles. The first-order valence-corrected chi connectivity index (χ1v) is 12.9. The van der Waals surface area contributed by atoms with Crippen LogP contribution < -0.4 is 15.6 Å². The van der Waals surface area contributed by atoms with Crippen molar-refractivity contribution in [1.29, 1.82) is 0 Å². The highest BCUT2D eigenvalue weighted by molar-refractivity contribution is 7.99. The minimum atomic E-state index is -0.188. The SMILES string of the molecule is CCOc1ccc(-n2c(SCC(=O)Nc3ccccc3-c3ccccc3)nc3ccccc3c2=O)cc1.